The van der Waals surface area contributed by atoms with Gasteiger partial charge in [-0.05, 0) is 31.6 Å². The van der Waals surface area contributed by atoms with Crippen LogP contribution in [-0.2, 0) is 9.53 Å². The fourth-order valence-electron chi connectivity index (χ4n) is 2.41. The Hall–Kier alpha value is -0.530. The maximum atomic E-state index is 11.2. The lowest BCUT2D eigenvalue weighted by Crippen LogP contribution is -2.38. The summed E-state index contributed by atoms with van der Waals surface area (Å²) in [5, 5.41) is 0. The van der Waals surface area contributed by atoms with Crippen molar-refractivity contribution in [2.45, 2.75) is 45.1 Å². The first-order chi connectivity index (χ1) is 5.77. The highest BCUT2D eigenvalue weighted by atomic mass is 16.5. The fourth-order valence-corrected chi connectivity index (χ4v) is 2.41. The van der Waals surface area contributed by atoms with Crippen molar-refractivity contribution in [3.8, 4) is 0 Å². The minimum Gasteiger partial charge on any atom is -0.462 e. The normalized spacial score (nSPS) is 41.8. The van der Waals surface area contributed by atoms with Crippen LogP contribution >= 0.6 is 0 Å². The van der Waals surface area contributed by atoms with E-state index in [4.69, 9.17) is 4.74 Å². The Morgan fingerprint density at radius 1 is 1.33 bits per heavy atom. The third-order valence-corrected chi connectivity index (χ3v) is 3.17. The second kappa shape index (κ2) is 3.08. The van der Waals surface area contributed by atoms with Gasteiger partial charge in [0.2, 0.25) is 0 Å². The van der Waals surface area contributed by atoms with Crippen LogP contribution in [0.5, 0.6) is 0 Å². The summed E-state index contributed by atoms with van der Waals surface area (Å²) in [5.74, 6) is 0.842. The molecule has 1 saturated carbocycles. The number of hydrogen-bond donors (Lipinski definition) is 0. The molecule has 1 aliphatic carbocycles. The zero-order chi connectivity index (χ0) is 8.55. The van der Waals surface area contributed by atoms with Crippen molar-refractivity contribution in [1.29, 1.82) is 0 Å². The molecule has 2 heteroatoms. The predicted octanol–water partition coefficient (Wildman–Crippen LogP) is 2.13. The van der Waals surface area contributed by atoms with Crippen molar-refractivity contribution >= 4 is 5.97 Å². The molecule has 0 spiro atoms. The van der Waals surface area contributed by atoms with Crippen molar-refractivity contribution in [3.05, 3.63) is 0 Å². The van der Waals surface area contributed by atoms with E-state index in [0.29, 0.717) is 5.92 Å². The van der Waals surface area contributed by atoms with Crippen molar-refractivity contribution in [2.24, 2.45) is 11.8 Å². The maximum absolute atomic E-state index is 11.2. The molecule has 0 aromatic heterocycles. The molecule has 0 unspecified atom stereocenters. The topological polar surface area (TPSA) is 26.3 Å². The smallest absolute Gasteiger partial charge is 0.308 e. The first-order valence-corrected chi connectivity index (χ1v) is 4.98. The Labute approximate surface area is 73.3 Å². The number of carbonyl (C=O) groups excluding carboxylic acids is 1. The molecule has 2 aliphatic rings. The van der Waals surface area contributed by atoms with Gasteiger partial charge in [-0.25, -0.2) is 0 Å². The van der Waals surface area contributed by atoms with Gasteiger partial charge in [-0.1, -0.05) is 13.3 Å². The minimum atomic E-state index is 0.0261. The van der Waals surface area contributed by atoms with Gasteiger partial charge in [0, 0.05) is 0 Å². The molecule has 2 nitrogen and oxygen atoms in total. The van der Waals surface area contributed by atoms with Crippen molar-refractivity contribution in [2.75, 3.05) is 0 Å². The highest BCUT2D eigenvalue weighted by Crippen LogP contribution is 2.35. The van der Waals surface area contributed by atoms with Crippen LogP contribution in [0.25, 0.3) is 0 Å². The molecule has 0 N–H and O–H groups in total. The summed E-state index contributed by atoms with van der Waals surface area (Å²) >= 11 is 0. The first kappa shape index (κ1) is 8.09. The Morgan fingerprint density at radius 2 is 2.08 bits per heavy atom. The molecule has 12 heavy (non-hydrogen) atoms. The fraction of sp³-hybridized carbons (Fsp3) is 0.900. The summed E-state index contributed by atoms with van der Waals surface area (Å²) in [6.07, 6.45) is 6.26. The van der Waals surface area contributed by atoms with Crippen molar-refractivity contribution < 1.29 is 9.53 Å². The Bertz CT molecular complexity index is 188. The van der Waals surface area contributed by atoms with E-state index in [1.165, 1.54) is 19.3 Å². The van der Waals surface area contributed by atoms with E-state index < -0.39 is 0 Å². The van der Waals surface area contributed by atoms with Gasteiger partial charge in [0.05, 0.1) is 5.92 Å². The van der Waals surface area contributed by atoms with E-state index in [9.17, 15) is 4.79 Å². The molecule has 0 bridgehead atoms. The summed E-state index contributed by atoms with van der Waals surface area (Å²) in [6, 6.07) is 0. The number of carbonyl (C=O) groups is 1. The number of hydrogen-bond acceptors (Lipinski definition) is 2. The molecule has 0 aromatic carbocycles. The number of ether oxygens (including phenoxy) is 1. The van der Waals surface area contributed by atoms with Gasteiger partial charge >= 0.3 is 5.97 Å². The number of esters is 1. The standard InChI is InChI=1S/C10H16O2/c1-7-6-8-4-2-3-5-9(8)12-10(7)11/h7-9H,2-6H2,1H3/t7-,8+,9+/m1/s1. The number of fused-ring (bicyclic) bond motifs is 1. The summed E-state index contributed by atoms with van der Waals surface area (Å²) in [5.41, 5.74) is 0. The molecule has 2 fully saturated rings. The average Bonchev–Trinajstić information content (AvgIpc) is 2.07. The minimum absolute atomic E-state index is 0.0261. The Balaban J connectivity index is 2.02. The average molecular weight is 168 g/mol. The molecule has 0 aromatic rings. The SMILES string of the molecule is C[C@@H]1C[C@@H]2CCCC[C@@H]2OC1=O. The highest BCUT2D eigenvalue weighted by molar-refractivity contribution is 5.73. The molecular weight excluding hydrogens is 152 g/mol. The van der Waals surface area contributed by atoms with Crippen LogP contribution in [0.15, 0.2) is 0 Å². The molecule has 1 aliphatic heterocycles. The quantitative estimate of drug-likeness (QED) is 0.518. The van der Waals surface area contributed by atoms with E-state index in [1.807, 2.05) is 6.92 Å². The van der Waals surface area contributed by atoms with Gasteiger partial charge in [-0.2, -0.15) is 0 Å². The zero-order valence-electron chi connectivity index (χ0n) is 7.58. The molecule has 2 rings (SSSR count). The molecule has 1 heterocycles. The van der Waals surface area contributed by atoms with E-state index in [2.05, 4.69) is 0 Å². The van der Waals surface area contributed by atoms with Crippen molar-refractivity contribution in [3.63, 3.8) is 0 Å². The van der Waals surface area contributed by atoms with Crippen LogP contribution in [0.3, 0.4) is 0 Å². The van der Waals surface area contributed by atoms with Crippen LogP contribution < -0.4 is 0 Å². The van der Waals surface area contributed by atoms with Crippen LogP contribution in [0, 0.1) is 11.8 Å². The first-order valence-electron chi connectivity index (χ1n) is 4.98. The summed E-state index contributed by atoms with van der Waals surface area (Å²) in [4.78, 5) is 11.2. The Kier molecular flexibility index (Phi) is 2.07. The zero-order valence-corrected chi connectivity index (χ0v) is 7.58. The summed E-state index contributed by atoms with van der Waals surface area (Å²) in [7, 11) is 0. The Morgan fingerprint density at radius 3 is 2.92 bits per heavy atom. The summed E-state index contributed by atoms with van der Waals surface area (Å²) in [6.45, 7) is 1.98. The molecule has 0 radical (unpaired) electrons. The third-order valence-electron chi connectivity index (χ3n) is 3.17. The molecule has 0 amide bonds. The number of rotatable bonds is 0. The lowest BCUT2D eigenvalue weighted by atomic mass is 9.79. The van der Waals surface area contributed by atoms with Gasteiger partial charge in [0.15, 0.2) is 0 Å². The molecule has 1 saturated heterocycles. The van der Waals surface area contributed by atoms with E-state index in [0.717, 1.165) is 12.8 Å². The van der Waals surface area contributed by atoms with Crippen LogP contribution in [0.4, 0.5) is 0 Å². The van der Waals surface area contributed by atoms with E-state index >= 15 is 0 Å². The molecule has 3 atom stereocenters. The van der Waals surface area contributed by atoms with Crippen molar-refractivity contribution in [1.82, 2.24) is 0 Å². The van der Waals surface area contributed by atoms with E-state index in [-0.39, 0.29) is 18.0 Å². The second-order valence-corrected chi connectivity index (χ2v) is 4.16. The predicted molar refractivity (Wildman–Crippen MR) is 45.6 cm³/mol. The monoisotopic (exact) mass is 168 g/mol. The van der Waals surface area contributed by atoms with Gasteiger partial charge in [-0.15, -0.1) is 0 Å². The van der Waals surface area contributed by atoms with E-state index in [1.54, 1.807) is 0 Å². The second-order valence-electron chi connectivity index (χ2n) is 4.16. The van der Waals surface area contributed by atoms with Gasteiger partial charge in [-0.3, -0.25) is 4.79 Å². The van der Waals surface area contributed by atoms with Gasteiger partial charge < -0.3 is 4.74 Å². The molecular formula is C10H16O2. The highest BCUT2D eigenvalue weighted by Gasteiger charge is 2.36. The van der Waals surface area contributed by atoms with Crippen LogP contribution in [0.1, 0.15) is 39.0 Å². The van der Waals surface area contributed by atoms with Gasteiger partial charge in [0.25, 0.3) is 0 Å². The van der Waals surface area contributed by atoms with Crippen LogP contribution in [0.2, 0.25) is 0 Å². The lowest BCUT2D eigenvalue weighted by molar-refractivity contribution is -0.167. The largest absolute Gasteiger partial charge is 0.462 e. The molecule has 68 valence electrons. The lowest BCUT2D eigenvalue weighted by Gasteiger charge is -2.37. The third kappa shape index (κ3) is 1.35. The van der Waals surface area contributed by atoms with Gasteiger partial charge in [0.1, 0.15) is 6.10 Å². The summed E-state index contributed by atoms with van der Waals surface area (Å²) < 4.78 is 5.36. The van der Waals surface area contributed by atoms with Crippen LogP contribution in [-0.4, -0.2) is 12.1 Å². The maximum Gasteiger partial charge on any atom is 0.308 e.